The van der Waals surface area contributed by atoms with E-state index in [0.717, 1.165) is 43.2 Å². The van der Waals surface area contributed by atoms with Crippen molar-refractivity contribution in [2.24, 2.45) is 0 Å². The Kier molecular flexibility index (Phi) is 5.49. The zero-order valence-electron chi connectivity index (χ0n) is 13.6. The van der Waals surface area contributed by atoms with Crippen molar-refractivity contribution >= 4 is 0 Å². The zero-order chi connectivity index (χ0) is 16.1. The SMILES string of the molecule is CCc1ccc(CN2CCOCC2CC(O)c2ccccc2)o1. The summed E-state index contributed by atoms with van der Waals surface area (Å²) in [7, 11) is 0. The van der Waals surface area contributed by atoms with E-state index in [0.29, 0.717) is 13.0 Å². The molecule has 4 heteroatoms. The lowest BCUT2D eigenvalue weighted by molar-refractivity contribution is -0.0324. The Labute approximate surface area is 137 Å². The highest BCUT2D eigenvalue weighted by Gasteiger charge is 2.26. The van der Waals surface area contributed by atoms with E-state index in [9.17, 15) is 5.11 Å². The van der Waals surface area contributed by atoms with Crippen molar-refractivity contribution in [3.63, 3.8) is 0 Å². The van der Waals surface area contributed by atoms with Gasteiger partial charge >= 0.3 is 0 Å². The smallest absolute Gasteiger partial charge is 0.118 e. The number of nitrogens with zero attached hydrogens (tertiary/aromatic N) is 1. The van der Waals surface area contributed by atoms with Gasteiger partial charge in [0, 0.05) is 19.0 Å². The minimum Gasteiger partial charge on any atom is -0.465 e. The van der Waals surface area contributed by atoms with Crippen LogP contribution in [-0.2, 0) is 17.7 Å². The number of hydrogen-bond acceptors (Lipinski definition) is 4. The van der Waals surface area contributed by atoms with Crippen LogP contribution in [0.3, 0.4) is 0 Å². The van der Waals surface area contributed by atoms with Crippen molar-refractivity contribution in [3.05, 3.63) is 59.5 Å². The van der Waals surface area contributed by atoms with Crippen LogP contribution in [0.1, 0.15) is 36.5 Å². The van der Waals surface area contributed by atoms with E-state index in [4.69, 9.17) is 9.15 Å². The second-order valence-corrected chi connectivity index (χ2v) is 6.08. The number of aliphatic hydroxyl groups excluding tert-OH is 1. The normalized spacial score (nSPS) is 20.5. The van der Waals surface area contributed by atoms with E-state index in [1.54, 1.807) is 0 Å². The molecule has 0 saturated carbocycles. The maximum absolute atomic E-state index is 10.5. The van der Waals surface area contributed by atoms with Gasteiger partial charge in [-0.3, -0.25) is 4.90 Å². The maximum Gasteiger partial charge on any atom is 0.118 e. The van der Waals surface area contributed by atoms with E-state index in [-0.39, 0.29) is 6.04 Å². The van der Waals surface area contributed by atoms with Crippen LogP contribution in [0.15, 0.2) is 46.9 Å². The van der Waals surface area contributed by atoms with E-state index in [2.05, 4.69) is 17.9 Å². The van der Waals surface area contributed by atoms with Gasteiger partial charge in [0.15, 0.2) is 0 Å². The monoisotopic (exact) mass is 315 g/mol. The number of aryl methyl sites for hydroxylation is 1. The molecular weight excluding hydrogens is 290 g/mol. The van der Waals surface area contributed by atoms with Crippen molar-refractivity contribution in [1.29, 1.82) is 0 Å². The Morgan fingerprint density at radius 3 is 2.70 bits per heavy atom. The fourth-order valence-corrected chi connectivity index (χ4v) is 3.08. The second-order valence-electron chi connectivity index (χ2n) is 6.08. The maximum atomic E-state index is 10.5. The van der Waals surface area contributed by atoms with Gasteiger partial charge in [-0.2, -0.15) is 0 Å². The molecule has 1 N–H and O–H groups in total. The summed E-state index contributed by atoms with van der Waals surface area (Å²) >= 11 is 0. The first-order valence-electron chi connectivity index (χ1n) is 8.38. The molecule has 3 rings (SSSR count). The average Bonchev–Trinajstić information content (AvgIpc) is 3.05. The van der Waals surface area contributed by atoms with Crippen LogP contribution >= 0.6 is 0 Å². The largest absolute Gasteiger partial charge is 0.465 e. The minimum atomic E-state index is -0.465. The Bertz CT molecular complexity index is 596. The molecule has 0 aliphatic carbocycles. The van der Waals surface area contributed by atoms with Gasteiger partial charge in [-0.05, 0) is 24.1 Å². The third kappa shape index (κ3) is 4.22. The third-order valence-corrected chi connectivity index (χ3v) is 4.45. The summed E-state index contributed by atoms with van der Waals surface area (Å²) in [5, 5.41) is 10.5. The highest BCUT2D eigenvalue weighted by atomic mass is 16.5. The van der Waals surface area contributed by atoms with Crippen LogP contribution in [0, 0.1) is 0 Å². The van der Waals surface area contributed by atoms with Gasteiger partial charge in [0.05, 0.1) is 25.9 Å². The quantitative estimate of drug-likeness (QED) is 0.889. The summed E-state index contributed by atoms with van der Waals surface area (Å²) in [6.07, 6.45) is 1.12. The molecule has 1 saturated heterocycles. The van der Waals surface area contributed by atoms with Gasteiger partial charge in [0.1, 0.15) is 11.5 Å². The van der Waals surface area contributed by atoms with Gasteiger partial charge in [0.25, 0.3) is 0 Å². The molecule has 0 bridgehead atoms. The highest BCUT2D eigenvalue weighted by molar-refractivity contribution is 5.17. The first-order valence-corrected chi connectivity index (χ1v) is 8.38. The summed E-state index contributed by atoms with van der Waals surface area (Å²) in [5.41, 5.74) is 0.962. The molecule has 2 aromatic rings. The minimum absolute atomic E-state index is 0.203. The lowest BCUT2D eigenvalue weighted by Gasteiger charge is -2.36. The molecule has 1 aliphatic heterocycles. The van der Waals surface area contributed by atoms with Crippen LogP contribution in [0.4, 0.5) is 0 Å². The number of aliphatic hydroxyl groups is 1. The van der Waals surface area contributed by atoms with Crippen molar-refractivity contribution in [1.82, 2.24) is 4.90 Å². The Morgan fingerprint density at radius 1 is 1.17 bits per heavy atom. The van der Waals surface area contributed by atoms with E-state index in [1.807, 2.05) is 36.4 Å². The van der Waals surface area contributed by atoms with Crippen LogP contribution in [0.2, 0.25) is 0 Å². The zero-order valence-corrected chi connectivity index (χ0v) is 13.6. The van der Waals surface area contributed by atoms with E-state index in [1.165, 1.54) is 0 Å². The lowest BCUT2D eigenvalue weighted by atomic mass is 10.0. The summed E-state index contributed by atoms with van der Waals surface area (Å²) in [6, 6.07) is 14.1. The first-order chi connectivity index (χ1) is 11.3. The second kappa shape index (κ2) is 7.77. The molecule has 1 fully saturated rings. The lowest BCUT2D eigenvalue weighted by Crippen LogP contribution is -2.45. The number of morpholine rings is 1. The fourth-order valence-electron chi connectivity index (χ4n) is 3.08. The molecule has 1 aromatic heterocycles. The number of hydrogen-bond donors (Lipinski definition) is 1. The fraction of sp³-hybridized carbons (Fsp3) is 0.474. The van der Waals surface area contributed by atoms with Crippen LogP contribution in [-0.4, -0.2) is 35.8 Å². The van der Waals surface area contributed by atoms with Crippen molar-refractivity contribution in [2.75, 3.05) is 19.8 Å². The van der Waals surface area contributed by atoms with Gasteiger partial charge < -0.3 is 14.3 Å². The molecule has 23 heavy (non-hydrogen) atoms. The van der Waals surface area contributed by atoms with Crippen molar-refractivity contribution < 1.29 is 14.3 Å². The molecular formula is C19H25NO3. The summed E-state index contributed by atoms with van der Waals surface area (Å²) < 4.78 is 11.5. The molecule has 124 valence electrons. The molecule has 2 atom stereocenters. The molecule has 4 nitrogen and oxygen atoms in total. The predicted octanol–water partition coefficient (Wildman–Crippen LogP) is 3.17. The van der Waals surface area contributed by atoms with Gasteiger partial charge in [0.2, 0.25) is 0 Å². The number of rotatable bonds is 6. The number of benzene rings is 1. The summed E-state index contributed by atoms with van der Waals surface area (Å²) in [4.78, 5) is 2.36. The van der Waals surface area contributed by atoms with Crippen LogP contribution in [0.25, 0.3) is 0 Å². The van der Waals surface area contributed by atoms with Gasteiger partial charge in [-0.25, -0.2) is 0 Å². The molecule has 0 spiro atoms. The molecule has 1 aliphatic rings. The summed E-state index contributed by atoms with van der Waals surface area (Å²) in [6.45, 7) is 5.13. The first kappa shape index (κ1) is 16.2. The van der Waals surface area contributed by atoms with Crippen LogP contribution < -0.4 is 0 Å². The van der Waals surface area contributed by atoms with E-state index >= 15 is 0 Å². The Hall–Kier alpha value is -1.62. The highest BCUT2D eigenvalue weighted by Crippen LogP contribution is 2.24. The van der Waals surface area contributed by atoms with Crippen molar-refractivity contribution in [3.8, 4) is 0 Å². The molecule has 0 radical (unpaired) electrons. The Balaban J connectivity index is 1.64. The summed E-state index contributed by atoms with van der Waals surface area (Å²) in [5.74, 6) is 2.01. The predicted molar refractivity (Wildman–Crippen MR) is 89.1 cm³/mol. The molecule has 2 unspecified atom stereocenters. The number of furan rings is 1. The number of ether oxygens (including phenoxy) is 1. The standard InChI is InChI=1S/C19H25NO3/c1-2-17-8-9-18(23-17)13-20-10-11-22-14-16(20)12-19(21)15-6-4-3-5-7-15/h3-9,16,19,21H,2,10-14H2,1H3. The van der Waals surface area contributed by atoms with E-state index < -0.39 is 6.10 Å². The van der Waals surface area contributed by atoms with Gasteiger partial charge in [-0.15, -0.1) is 0 Å². The van der Waals surface area contributed by atoms with Crippen molar-refractivity contribution in [2.45, 2.75) is 38.5 Å². The topological polar surface area (TPSA) is 45.8 Å². The molecule has 1 aromatic carbocycles. The van der Waals surface area contributed by atoms with Crippen LogP contribution in [0.5, 0.6) is 0 Å². The average molecular weight is 315 g/mol. The third-order valence-electron chi connectivity index (χ3n) is 4.45. The molecule has 0 amide bonds. The van der Waals surface area contributed by atoms with Gasteiger partial charge in [-0.1, -0.05) is 37.3 Å². The Morgan fingerprint density at radius 2 is 1.96 bits per heavy atom. The molecule has 2 heterocycles.